The van der Waals surface area contributed by atoms with E-state index in [4.69, 9.17) is 19.2 Å². The van der Waals surface area contributed by atoms with Crippen molar-refractivity contribution in [2.45, 2.75) is 0 Å². The molecular formula is C29H24N2O5. The Morgan fingerprint density at radius 1 is 0.889 bits per heavy atom. The first-order valence-corrected chi connectivity index (χ1v) is 11.3. The number of carbonyl (C=O) groups excluding carboxylic acids is 1. The Morgan fingerprint density at radius 3 is 2.25 bits per heavy atom. The second-order valence-electron chi connectivity index (χ2n) is 8.15. The summed E-state index contributed by atoms with van der Waals surface area (Å²) in [6, 6.07) is 19.8. The number of hydrogen-bond acceptors (Lipinski definition) is 6. The minimum atomic E-state index is -0.190. The quantitative estimate of drug-likeness (QED) is 0.219. The second-order valence-corrected chi connectivity index (χ2v) is 8.15. The van der Waals surface area contributed by atoms with Gasteiger partial charge in [-0.1, -0.05) is 18.2 Å². The van der Waals surface area contributed by atoms with Crippen LogP contribution in [0.25, 0.3) is 39.1 Å². The lowest BCUT2D eigenvalue weighted by atomic mass is 10.0. The molecule has 0 saturated heterocycles. The molecule has 7 heteroatoms. The van der Waals surface area contributed by atoms with Crippen LogP contribution in [-0.4, -0.2) is 42.2 Å². The molecule has 0 radical (unpaired) electrons. The number of benzene rings is 3. The Labute approximate surface area is 207 Å². The maximum absolute atomic E-state index is 12.7. The highest BCUT2D eigenvalue weighted by Crippen LogP contribution is 2.42. The standard InChI is InChI=1S/C29H24N2O5/c1-34-25-14-18(15-26(35-2)29(25)36-3)27-28-22(21-6-4-5-7-23(21)31-28)16-19(30-27)10-13-24(33)17-8-11-20(32)12-9-17/h4-16,31-32H,1-3H3/b13-10+. The van der Waals surface area contributed by atoms with Crippen molar-refractivity contribution in [3.63, 3.8) is 0 Å². The molecule has 3 aromatic carbocycles. The van der Waals surface area contributed by atoms with Crippen LogP contribution in [0.2, 0.25) is 0 Å². The number of phenolic OH excluding ortho intramolecular Hbond substituents is 1. The summed E-state index contributed by atoms with van der Waals surface area (Å²) in [4.78, 5) is 21.1. The van der Waals surface area contributed by atoms with Crippen LogP contribution in [0.1, 0.15) is 16.1 Å². The van der Waals surface area contributed by atoms with Crippen LogP contribution in [0.5, 0.6) is 23.0 Å². The molecule has 0 amide bonds. The number of carbonyl (C=O) groups is 1. The lowest BCUT2D eigenvalue weighted by molar-refractivity contribution is 0.104. The summed E-state index contributed by atoms with van der Waals surface area (Å²) in [7, 11) is 4.70. The molecule has 0 aliphatic rings. The van der Waals surface area contributed by atoms with Gasteiger partial charge in [0.1, 0.15) is 5.75 Å². The molecular weight excluding hydrogens is 456 g/mol. The van der Waals surface area contributed by atoms with Gasteiger partial charge in [-0.15, -0.1) is 0 Å². The summed E-state index contributed by atoms with van der Waals surface area (Å²) in [5.41, 5.74) is 4.36. The number of phenols is 1. The summed E-state index contributed by atoms with van der Waals surface area (Å²) >= 11 is 0. The summed E-state index contributed by atoms with van der Waals surface area (Å²) < 4.78 is 16.6. The van der Waals surface area contributed by atoms with Crippen molar-refractivity contribution in [1.29, 1.82) is 0 Å². The van der Waals surface area contributed by atoms with E-state index in [9.17, 15) is 9.90 Å². The number of H-pyrrole nitrogens is 1. The molecule has 0 fully saturated rings. The van der Waals surface area contributed by atoms with Crippen LogP contribution in [0, 0.1) is 0 Å². The number of nitrogens with zero attached hydrogens (tertiary/aromatic N) is 1. The first-order chi connectivity index (χ1) is 17.5. The number of ketones is 1. The number of rotatable bonds is 7. The Bertz CT molecular complexity index is 1590. The van der Waals surface area contributed by atoms with Crippen LogP contribution in [-0.2, 0) is 0 Å². The van der Waals surface area contributed by atoms with Gasteiger partial charge in [0.25, 0.3) is 0 Å². The van der Waals surface area contributed by atoms with Crippen molar-refractivity contribution in [3.8, 4) is 34.3 Å². The third-order valence-electron chi connectivity index (χ3n) is 6.01. The molecule has 5 aromatic rings. The number of para-hydroxylation sites is 1. The van der Waals surface area contributed by atoms with Gasteiger partial charge in [-0.2, -0.15) is 0 Å². The van der Waals surface area contributed by atoms with Crippen molar-refractivity contribution in [1.82, 2.24) is 9.97 Å². The molecule has 180 valence electrons. The second kappa shape index (κ2) is 9.46. The molecule has 2 aromatic heterocycles. The van der Waals surface area contributed by atoms with Crippen molar-refractivity contribution < 1.29 is 24.1 Å². The molecule has 0 atom stereocenters. The molecule has 5 rings (SSSR count). The smallest absolute Gasteiger partial charge is 0.203 e. The third kappa shape index (κ3) is 4.11. The zero-order valence-electron chi connectivity index (χ0n) is 20.0. The van der Waals surface area contributed by atoms with Gasteiger partial charge in [0.15, 0.2) is 17.3 Å². The number of ether oxygens (including phenoxy) is 3. The van der Waals surface area contributed by atoms with Gasteiger partial charge in [0.2, 0.25) is 5.75 Å². The average Bonchev–Trinajstić information content (AvgIpc) is 3.29. The number of hydrogen-bond donors (Lipinski definition) is 2. The van der Waals surface area contributed by atoms with Gasteiger partial charge >= 0.3 is 0 Å². The van der Waals surface area contributed by atoms with E-state index in [1.165, 1.54) is 18.2 Å². The van der Waals surface area contributed by atoms with Crippen molar-refractivity contribution in [3.05, 3.63) is 84.1 Å². The lowest BCUT2D eigenvalue weighted by Gasteiger charge is -2.14. The highest BCUT2D eigenvalue weighted by Gasteiger charge is 2.18. The fourth-order valence-corrected chi connectivity index (χ4v) is 4.26. The van der Waals surface area contributed by atoms with Gasteiger partial charge in [-0.05, 0) is 60.7 Å². The molecule has 0 aliphatic carbocycles. The van der Waals surface area contributed by atoms with Gasteiger partial charge in [0.05, 0.1) is 38.2 Å². The molecule has 0 spiro atoms. The zero-order valence-corrected chi connectivity index (χ0v) is 20.0. The summed E-state index contributed by atoms with van der Waals surface area (Å²) in [6.45, 7) is 0. The van der Waals surface area contributed by atoms with Crippen LogP contribution in [0.4, 0.5) is 0 Å². The predicted octanol–water partition coefficient (Wildman–Crippen LogP) is 6.01. The van der Waals surface area contributed by atoms with E-state index in [2.05, 4.69) is 4.98 Å². The fourth-order valence-electron chi connectivity index (χ4n) is 4.26. The van der Waals surface area contributed by atoms with Gasteiger partial charge in [-0.3, -0.25) is 4.79 Å². The minimum absolute atomic E-state index is 0.108. The Kier molecular flexibility index (Phi) is 6.04. The number of methoxy groups -OCH3 is 3. The molecule has 0 saturated carbocycles. The van der Waals surface area contributed by atoms with Crippen molar-refractivity contribution >= 4 is 33.7 Å². The lowest BCUT2D eigenvalue weighted by Crippen LogP contribution is -1.97. The van der Waals surface area contributed by atoms with Crippen LogP contribution in [0.3, 0.4) is 0 Å². The highest BCUT2D eigenvalue weighted by molar-refractivity contribution is 6.12. The molecule has 2 heterocycles. The van der Waals surface area contributed by atoms with Crippen LogP contribution in [0.15, 0.2) is 72.8 Å². The number of fused-ring (bicyclic) bond motifs is 3. The maximum atomic E-state index is 12.7. The summed E-state index contributed by atoms with van der Waals surface area (Å²) in [6.07, 6.45) is 3.17. The van der Waals surface area contributed by atoms with Gasteiger partial charge in [-0.25, -0.2) is 4.98 Å². The minimum Gasteiger partial charge on any atom is -0.508 e. The summed E-state index contributed by atoms with van der Waals surface area (Å²) in [5, 5.41) is 11.5. The van der Waals surface area contributed by atoms with E-state index in [-0.39, 0.29) is 11.5 Å². The number of aromatic nitrogens is 2. The maximum Gasteiger partial charge on any atom is 0.203 e. The number of allylic oxidation sites excluding steroid dienone is 1. The van der Waals surface area contributed by atoms with E-state index in [1.54, 1.807) is 39.5 Å². The van der Waals surface area contributed by atoms with Crippen molar-refractivity contribution in [2.24, 2.45) is 0 Å². The fraction of sp³-hybridized carbons (Fsp3) is 0.103. The van der Waals surface area contributed by atoms with E-state index >= 15 is 0 Å². The van der Waals surface area contributed by atoms with Crippen molar-refractivity contribution in [2.75, 3.05) is 21.3 Å². The zero-order chi connectivity index (χ0) is 25.2. The highest BCUT2D eigenvalue weighted by atomic mass is 16.5. The number of aromatic hydroxyl groups is 1. The Balaban J connectivity index is 1.69. The Morgan fingerprint density at radius 2 is 1.58 bits per heavy atom. The molecule has 0 bridgehead atoms. The molecule has 36 heavy (non-hydrogen) atoms. The van der Waals surface area contributed by atoms with E-state index in [0.29, 0.717) is 34.2 Å². The predicted molar refractivity (Wildman–Crippen MR) is 140 cm³/mol. The number of aromatic amines is 1. The van der Waals surface area contributed by atoms with Crippen LogP contribution >= 0.6 is 0 Å². The van der Waals surface area contributed by atoms with E-state index in [1.807, 2.05) is 42.5 Å². The SMILES string of the molecule is COc1cc(-c2nc(/C=C/C(=O)c3ccc(O)cc3)cc3c2[nH]c2ccccc23)cc(OC)c1OC. The number of nitrogens with one attached hydrogen (secondary N) is 1. The van der Waals surface area contributed by atoms with Gasteiger partial charge < -0.3 is 24.3 Å². The molecule has 0 aliphatic heterocycles. The monoisotopic (exact) mass is 480 g/mol. The largest absolute Gasteiger partial charge is 0.508 e. The third-order valence-corrected chi connectivity index (χ3v) is 6.01. The van der Waals surface area contributed by atoms with E-state index in [0.717, 1.165) is 27.4 Å². The average molecular weight is 481 g/mol. The molecule has 0 unspecified atom stereocenters. The number of pyridine rings is 1. The molecule has 7 nitrogen and oxygen atoms in total. The topological polar surface area (TPSA) is 93.7 Å². The van der Waals surface area contributed by atoms with E-state index < -0.39 is 0 Å². The first kappa shape index (κ1) is 23.0. The summed E-state index contributed by atoms with van der Waals surface area (Å²) in [5.74, 6) is 1.44. The Hall–Kier alpha value is -4.78. The normalized spacial score (nSPS) is 11.3. The van der Waals surface area contributed by atoms with Crippen LogP contribution < -0.4 is 14.2 Å². The molecule has 2 N–H and O–H groups in total. The first-order valence-electron chi connectivity index (χ1n) is 11.3. The van der Waals surface area contributed by atoms with Gasteiger partial charge in [0, 0.05) is 27.4 Å².